The van der Waals surface area contributed by atoms with E-state index in [1.165, 1.54) is 0 Å². The van der Waals surface area contributed by atoms with Gasteiger partial charge in [0.25, 0.3) is 0 Å². The van der Waals surface area contributed by atoms with Crippen LogP contribution >= 0.6 is 0 Å². The highest BCUT2D eigenvalue weighted by Gasteiger charge is 1.87. The van der Waals surface area contributed by atoms with Gasteiger partial charge < -0.3 is 5.11 Å². The van der Waals surface area contributed by atoms with E-state index in [0.717, 1.165) is 6.92 Å². The fourth-order valence-corrected chi connectivity index (χ4v) is 0.170. The Labute approximate surface area is 40.3 Å². The predicted octanol–water partition coefficient (Wildman–Crippen LogP) is 0.944. The summed E-state index contributed by atoms with van der Waals surface area (Å²) in [6.45, 7) is 1.08. The van der Waals surface area contributed by atoms with Gasteiger partial charge in [-0.25, -0.2) is 9.18 Å². The number of hydrogen-bond acceptors (Lipinski definition) is 1. The maximum absolute atomic E-state index is 11.4. The van der Waals surface area contributed by atoms with Crippen molar-refractivity contribution in [2.45, 2.75) is 6.92 Å². The number of halogens is 1. The van der Waals surface area contributed by atoms with Crippen LogP contribution in [-0.2, 0) is 4.79 Å². The third-order valence-corrected chi connectivity index (χ3v) is 0.322. The summed E-state index contributed by atoms with van der Waals surface area (Å²) in [5.41, 5.74) is 0. The fourth-order valence-electron chi connectivity index (χ4n) is 0.170. The molecule has 0 saturated heterocycles. The maximum atomic E-state index is 11.4. The van der Waals surface area contributed by atoms with Crippen LogP contribution in [0.2, 0.25) is 0 Å². The third-order valence-electron chi connectivity index (χ3n) is 0.322. The van der Waals surface area contributed by atoms with E-state index >= 15 is 0 Å². The second kappa shape index (κ2) is 2.34. The molecule has 7 heavy (non-hydrogen) atoms. The highest BCUT2D eigenvalue weighted by Crippen LogP contribution is 1.89. The molecule has 0 fully saturated rings. The Morgan fingerprint density at radius 3 is 2.29 bits per heavy atom. The average Bonchev–Trinajstić information content (AvgIpc) is 1.27. The minimum Gasteiger partial charge on any atom is -0.478 e. The zero-order valence-electron chi connectivity index (χ0n) is 3.81. The summed E-state index contributed by atoms with van der Waals surface area (Å²) in [5.74, 6) is -1.94. The highest BCUT2D eigenvalue weighted by molar-refractivity contribution is 5.80. The molecular formula is C4H5FO2. The van der Waals surface area contributed by atoms with E-state index in [9.17, 15) is 9.18 Å². The maximum Gasteiger partial charge on any atom is 0.330 e. The topological polar surface area (TPSA) is 37.3 Å². The molecule has 3 heteroatoms. The van der Waals surface area contributed by atoms with Crippen LogP contribution < -0.4 is 0 Å². The number of carboxylic acid groups (broad SMARTS) is 1. The van der Waals surface area contributed by atoms with Gasteiger partial charge in [-0.2, -0.15) is 0 Å². The van der Waals surface area contributed by atoms with Gasteiger partial charge in [0.1, 0.15) is 5.83 Å². The van der Waals surface area contributed by atoms with Crippen LogP contribution in [0.4, 0.5) is 4.39 Å². The molecule has 0 aliphatic rings. The lowest BCUT2D eigenvalue weighted by atomic mass is 10.5. The third kappa shape index (κ3) is 5.14. The van der Waals surface area contributed by atoms with Crippen molar-refractivity contribution in [1.29, 1.82) is 0 Å². The largest absolute Gasteiger partial charge is 0.478 e. The van der Waals surface area contributed by atoms with Crippen molar-refractivity contribution in [1.82, 2.24) is 0 Å². The smallest absolute Gasteiger partial charge is 0.330 e. The van der Waals surface area contributed by atoms with Crippen LogP contribution in [0, 0.1) is 0 Å². The Bertz CT molecular complexity index is 102. The van der Waals surface area contributed by atoms with E-state index in [1.807, 2.05) is 0 Å². The summed E-state index contributed by atoms with van der Waals surface area (Å²) in [4.78, 5) is 9.49. The van der Waals surface area contributed by atoms with Crippen molar-refractivity contribution < 1.29 is 14.3 Å². The van der Waals surface area contributed by atoms with Gasteiger partial charge in [-0.3, -0.25) is 0 Å². The van der Waals surface area contributed by atoms with Gasteiger partial charge in [0.05, 0.1) is 6.08 Å². The van der Waals surface area contributed by atoms with Crippen LogP contribution in [0.5, 0.6) is 0 Å². The zero-order valence-corrected chi connectivity index (χ0v) is 3.81. The van der Waals surface area contributed by atoms with Crippen molar-refractivity contribution in [3.63, 3.8) is 0 Å². The van der Waals surface area contributed by atoms with Crippen LogP contribution in [-0.4, -0.2) is 11.1 Å². The lowest BCUT2D eigenvalue weighted by Crippen LogP contribution is -1.86. The van der Waals surface area contributed by atoms with Gasteiger partial charge in [0.15, 0.2) is 0 Å². The molecule has 0 aromatic rings. The molecule has 1 N–H and O–H groups in total. The number of carboxylic acids is 1. The molecule has 2 nitrogen and oxygen atoms in total. The second-order valence-electron chi connectivity index (χ2n) is 1.07. The first kappa shape index (κ1) is 6.14. The molecule has 0 amide bonds. The summed E-state index contributed by atoms with van der Waals surface area (Å²) in [5, 5.41) is 7.77. The van der Waals surface area contributed by atoms with Crippen molar-refractivity contribution in [2.24, 2.45) is 0 Å². The lowest BCUT2D eigenvalue weighted by Gasteiger charge is -1.75. The molecule has 40 valence electrons. The van der Waals surface area contributed by atoms with E-state index in [0.29, 0.717) is 6.08 Å². The Morgan fingerprint density at radius 2 is 2.29 bits per heavy atom. The summed E-state index contributed by atoms with van der Waals surface area (Å²) >= 11 is 0. The summed E-state index contributed by atoms with van der Waals surface area (Å²) in [6.07, 6.45) is 0.500. The highest BCUT2D eigenvalue weighted by atomic mass is 19.1. The Balaban J connectivity index is 3.68. The second-order valence-corrected chi connectivity index (χ2v) is 1.07. The van der Waals surface area contributed by atoms with E-state index in [1.54, 1.807) is 0 Å². The van der Waals surface area contributed by atoms with Crippen molar-refractivity contribution >= 4 is 5.97 Å². The Hall–Kier alpha value is -0.860. The summed E-state index contributed by atoms with van der Waals surface area (Å²) in [7, 11) is 0. The van der Waals surface area contributed by atoms with Crippen LogP contribution in [0.1, 0.15) is 6.92 Å². The molecule has 0 aromatic carbocycles. The molecule has 0 heterocycles. The standard InChI is InChI=1S/C4H5FO2/c1-3(5)2-4(6)7/h2H,1H3,(H,6,7)/b3-2-. The minimum absolute atomic E-state index is 0.500. The van der Waals surface area contributed by atoms with E-state index in [2.05, 4.69) is 0 Å². The normalized spacial score (nSPS) is 11.4. The van der Waals surface area contributed by atoms with Crippen LogP contribution in [0.3, 0.4) is 0 Å². The van der Waals surface area contributed by atoms with Crippen LogP contribution in [0.25, 0.3) is 0 Å². The fraction of sp³-hybridized carbons (Fsp3) is 0.250. The molecule has 0 rings (SSSR count). The number of allylic oxidation sites excluding steroid dienone is 1. The average molecular weight is 104 g/mol. The molecule has 0 aliphatic heterocycles. The number of hydrogen-bond donors (Lipinski definition) is 1. The Morgan fingerprint density at radius 1 is 1.86 bits per heavy atom. The van der Waals surface area contributed by atoms with E-state index < -0.39 is 11.8 Å². The molecular weight excluding hydrogens is 99.0 g/mol. The summed E-state index contributed by atoms with van der Waals surface area (Å²) < 4.78 is 11.4. The first-order chi connectivity index (χ1) is 3.13. The van der Waals surface area contributed by atoms with E-state index in [-0.39, 0.29) is 0 Å². The number of rotatable bonds is 1. The van der Waals surface area contributed by atoms with Crippen molar-refractivity contribution in [3.05, 3.63) is 11.9 Å². The SMILES string of the molecule is C/C(F)=C/C(=O)O. The van der Waals surface area contributed by atoms with Crippen LogP contribution in [0.15, 0.2) is 11.9 Å². The minimum atomic E-state index is -1.25. The lowest BCUT2D eigenvalue weighted by molar-refractivity contribution is -0.131. The zero-order chi connectivity index (χ0) is 5.86. The van der Waals surface area contributed by atoms with Gasteiger partial charge in [0, 0.05) is 0 Å². The molecule has 0 spiro atoms. The first-order valence-corrected chi connectivity index (χ1v) is 1.69. The van der Waals surface area contributed by atoms with Crippen molar-refractivity contribution in [2.75, 3.05) is 0 Å². The van der Waals surface area contributed by atoms with Gasteiger partial charge in [-0.05, 0) is 6.92 Å². The Kier molecular flexibility index (Phi) is 2.05. The molecule has 0 radical (unpaired) electrons. The molecule has 0 aliphatic carbocycles. The number of aliphatic carboxylic acids is 1. The molecule has 0 atom stereocenters. The first-order valence-electron chi connectivity index (χ1n) is 1.69. The van der Waals surface area contributed by atoms with Gasteiger partial charge in [-0.1, -0.05) is 0 Å². The predicted molar refractivity (Wildman–Crippen MR) is 22.5 cm³/mol. The van der Waals surface area contributed by atoms with Crippen molar-refractivity contribution in [3.8, 4) is 0 Å². The molecule has 0 aromatic heterocycles. The van der Waals surface area contributed by atoms with Gasteiger partial charge in [0.2, 0.25) is 0 Å². The summed E-state index contributed by atoms with van der Waals surface area (Å²) in [6, 6.07) is 0. The van der Waals surface area contributed by atoms with Gasteiger partial charge >= 0.3 is 5.97 Å². The van der Waals surface area contributed by atoms with Gasteiger partial charge in [-0.15, -0.1) is 0 Å². The molecule has 0 bridgehead atoms. The number of carbonyl (C=O) groups is 1. The van der Waals surface area contributed by atoms with E-state index in [4.69, 9.17) is 5.11 Å². The monoisotopic (exact) mass is 104 g/mol. The quantitative estimate of drug-likeness (QED) is 0.503. The molecule has 0 unspecified atom stereocenters. The molecule has 0 saturated carbocycles.